The zero-order chi connectivity index (χ0) is 9.97. The number of aromatic nitrogens is 1. The third kappa shape index (κ3) is 1.64. The maximum absolute atomic E-state index is 8.54. The Hall–Kier alpha value is -1.34. The Bertz CT molecular complexity index is 498. The van der Waals surface area contributed by atoms with Crippen LogP contribution in [0.25, 0.3) is 11.1 Å². The lowest BCUT2D eigenvalue weighted by Gasteiger charge is -1.91. The third-order valence-electron chi connectivity index (χ3n) is 1.89. The van der Waals surface area contributed by atoms with Crippen LogP contribution in [0.15, 0.2) is 22.6 Å². The Kier molecular flexibility index (Phi) is 2.51. The van der Waals surface area contributed by atoms with Crippen LogP contribution in [0, 0.1) is 11.3 Å². The minimum atomic E-state index is 0.409. The maximum Gasteiger partial charge on any atom is 0.206 e. The molecular weight excluding hydrogens is 244 g/mol. The predicted octanol–water partition coefficient (Wildman–Crippen LogP) is 2.79. The summed E-state index contributed by atoms with van der Waals surface area (Å²) in [5.74, 6) is 0.661. The van der Waals surface area contributed by atoms with E-state index in [0.29, 0.717) is 17.6 Å². The highest BCUT2D eigenvalue weighted by atomic mass is 79.9. The first-order chi connectivity index (χ1) is 6.83. The molecule has 0 saturated carbocycles. The number of nitriles is 1. The van der Waals surface area contributed by atoms with Crippen molar-refractivity contribution in [2.24, 2.45) is 0 Å². The molecule has 0 N–H and O–H groups in total. The molecule has 1 aromatic heterocycles. The first-order valence-electron chi connectivity index (χ1n) is 4.15. The molecule has 0 saturated heterocycles. The van der Waals surface area contributed by atoms with Gasteiger partial charge in [-0.3, -0.25) is 0 Å². The molecule has 0 aliphatic rings. The summed E-state index contributed by atoms with van der Waals surface area (Å²) in [6.07, 6.45) is 0.409. The number of rotatable bonds is 2. The predicted molar refractivity (Wildman–Crippen MR) is 56.0 cm³/mol. The zero-order valence-corrected chi connectivity index (χ0v) is 8.91. The quantitative estimate of drug-likeness (QED) is 0.771. The summed E-state index contributed by atoms with van der Waals surface area (Å²) in [6.45, 7) is 0. The Labute approximate surface area is 89.5 Å². The number of nitrogens with zero attached hydrogens (tertiary/aromatic N) is 2. The van der Waals surface area contributed by atoms with Gasteiger partial charge in [0.05, 0.1) is 17.8 Å². The van der Waals surface area contributed by atoms with Gasteiger partial charge < -0.3 is 4.42 Å². The van der Waals surface area contributed by atoms with Crippen LogP contribution in [-0.2, 0) is 11.8 Å². The van der Waals surface area contributed by atoms with E-state index in [2.05, 4.69) is 27.0 Å². The first-order valence-corrected chi connectivity index (χ1v) is 5.27. The van der Waals surface area contributed by atoms with Gasteiger partial charge in [-0.15, -0.1) is 0 Å². The first kappa shape index (κ1) is 9.22. The van der Waals surface area contributed by atoms with Gasteiger partial charge in [-0.25, -0.2) is 4.98 Å². The molecule has 0 bridgehead atoms. The average Bonchev–Trinajstić information content (AvgIpc) is 2.60. The van der Waals surface area contributed by atoms with E-state index >= 15 is 0 Å². The van der Waals surface area contributed by atoms with E-state index < -0.39 is 0 Å². The van der Waals surface area contributed by atoms with Crippen LogP contribution in [0.5, 0.6) is 0 Å². The monoisotopic (exact) mass is 250 g/mol. The molecule has 0 fully saturated rings. The number of hydrogen-bond acceptors (Lipinski definition) is 3. The Morgan fingerprint density at radius 1 is 1.50 bits per heavy atom. The van der Waals surface area contributed by atoms with Gasteiger partial charge in [-0.05, 0) is 17.7 Å². The van der Waals surface area contributed by atoms with E-state index in [1.165, 1.54) is 0 Å². The second-order valence-corrected chi connectivity index (χ2v) is 3.44. The Morgan fingerprint density at radius 3 is 3.07 bits per heavy atom. The van der Waals surface area contributed by atoms with Crippen molar-refractivity contribution in [3.05, 3.63) is 29.7 Å². The highest BCUT2D eigenvalue weighted by Gasteiger charge is 2.04. The van der Waals surface area contributed by atoms with E-state index in [1.54, 1.807) is 0 Å². The van der Waals surface area contributed by atoms with E-state index in [4.69, 9.17) is 9.68 Å². The molecule has 0 aliphatic heterocycles. The summed E-state index contributed by atoms with van der Waals surface area (Å²) in [5, 5.41) is 9.15. The van der Waals surface area contributed by atoms with Crippen LogP contribution >= 0.6 is 15.9 Å². The van der Waals surface area contributed by atoms with Crippen molar-refractivity contribution in [3.8, 4) is 6.07 Å². The Morgan fingerprint density at radius 2 is 2.36 bits per heavy atom. The molecule has 70 valence electrons. The van der Waals surface area contributed by atoms with Gasteiger partial charge in [0.1, 0.15) is 5.52 Å². The second kappa shape index (κ2) is 3.81. The van der Waals surface area contributed by atoms with Crippen molar-refractivity contribution in [2.45, 2.75) is 11.8 Å². The van der Waals surface area contributed by atoms with Crippen molar-refractivity contribution in [3.63, 3.8) is 0 Å². The van der Waals surface area contributed by atoms with Crippen LogP contribution < -0.4 is 0 Å². The largest absolute Gasteiger partial charge is 0.440 e. The second-order valence-electron chi connectivity index (χ2n) is 2.88. The standard InChI is InChI=1S/C10H7BrN2O/c11-6-10-13-8-5-7(3-4-12)1-2-9(8)14-10/h1-2,5H,3,6H2. The zero-order valence-electron chi connectivity index (χ0n) is 7.33. The van der Waals surface area contributed by atoms with Gasteiger partial charge >= 0.3 is 0 Å². The van der Waals surface area contributed by atoms with Crippen LogP contribution in [0.1, 0.15) is 11.5 Å². The van der Waals surface area contributed by atoms with Crippen LogP contribution in [0.4, 0.5) is 0 Å². The molecule has 4 heteroatoms. The molecular formula is C10H7BrN2O. The highest BCUT2D eigenvalue weighted by molar-refractivity contribution is 9.08. The molecule has 1 aromatic carbocycles. The van der Waals surface area contributed by atoms with Gasteiger partial charge in [0, 0.05) is 0 Å². The molecule has 14 heavy (non-hydrogen) atoms. The summed E-state index contributed by atoms with van der Waals surface area (Å²) in [7, 11) is 0. The molecule has 3 nitrogen and oxygen atoms in total. The van der Waals surface area contributed by atoms with Crippen molar-refractivity contribution in [1.82, 2.24) is 4.98 Å². The minimum absolute atomic E-state index is 0.409. The van der Waals surface area contributed by atoms with Crippen LogP contribution in [0.3, 0.4) is 0 Å². The molecule has 2 rings (SSSR count). The van der Waals surface area contributed by atoms with E-state index in [9.17, 15) is 0 Å². The van der Waals surface area contributed by atoms with E-state index in [0.717, 1.165) is 16.7 Å². The van der Waals surface area contributed by atoms with E-state index in [1.807, 2.05) is 18.2 Å². The van der Waals surface area contributed by atoms with Crippen molar-refractivity contribution in [2.75, 3.05) is 0 Å². The molecule has 0 unspecified atom stereocenters. The van der Waals surface area contributed by atoms with Gasteiger partial charge in [0.25, 0.3) is 0 Å². The summed E-state index contributed by atoms with van der Waals surface area (Å²) in [6, 6.07) is 7.72. The Balaban J connectivity index is 2.49. The fourth-order valence-corrected chi connectivity index (χ4v) is 1.52. The smallest absolute Gasteiger partial charge is 0.206 e. The lowest BCUT2D eigenvalue weighted by atomic mass is 10.1. The fraction of sp³-hybridized carbons (Fsp3) is 0.200. The lowest BCUT2D eigenvalue weighted by molar-refractivity contribution is 0.557. The number of fused-ring (bicyclic) bond motifs is 1. The van der Waals surface area contributed by atoms with Crippen molar-refractivity contribution < 1.29 is 4.42 Å². The molecule has 1 heterocycles. The molecule has 0 atom stereocenters. The SMILES string of the molecule is N#CCc1ccc2oc(CBr)nc2c1. The number of halogens is 1. The summed E-state index contributed by atoms with van der Waals surface area (Å²) >= 11 is 3.28. The summed E-state index contributed by atoms with van der Waals surface area (Å²) < 4.78 is 5.41. The van der Waals surface area contributed by atoms with E-state index in [-0.39, 0.29) is 0 Å². The van der Waals surface area contributed by atoms with Crippen LogP contribution in [0.2, 0.25) is 0 Å². The molecule has 0 radical (unpaired) electrons. The maximum atomic E-state index is 8.54. The fourth-order valence-electron chi connectivity index (χ4n) is 1.28. The van der Waals surface area contributed by atoms with Crippen LogP contribution in [-0.4, -0.2) is 4.98 Å². The normalized spacial score (nSPS) is 10.3. The third-order valence-corrected chi connectivity index (χ3v) is 2.37. The minimum Gasteiger partial charge on any atom is -0.440 e. The molecule has 0 amide bonds. The number of alkyl halides is 1. The van der Waals surface area contributed by atoms with Gasteiger partial charge in [0.15, 0.2) is 5.58 Å². The van der Waals surface area contributed by atoms with Gasteiger partial charge in [-0.2, -0.15) is 5.26 Å². The highest BCUT2D eigenvalue weighted by Crippen LogP contribution is 2.18. The number of hydrogen-bond donors (Lipinski definition) is 0. The van der Waals surface area contributed by atoms with Gasteiger partial charge in [-0.1, -0.05) is 22.0 Å². The number of oxazole rings is 1. The van der Waals surface area contributed by atoms with Crippen molar-refractivity contribution >= 4 is 27.0 Å². The summed E-state index contributed by atoms with van der Waals surface area (Å²) in [4.78, 5) is 4.25. The number of benzene rings is 1. The van der Waals surface area contributed by atoms with Crippen molar-refractivity contribution in [1.29, 1.82) is 5.26 Å². The molecule has 0 aliphatic carbocycles. The van der Waals surface area contributed by atoms with Gasteiger partial charge in [0.2, 0.25) is 5.89 Å². The lowest BCUT2D eigenvalue weighted by Crippen LogP contribution is -1.80. The topological polar surface area (TPSA) is 49.8 Å². The molecule has 2 aromatic rings. The molecule has 0 spiro atoms. The average molecular weight is 251 g/mol. The summed E-state index contributed by atoms with van der Waals surface area (Å²) in [5.41, 5.74) is 2.54.